The number of carbonyl (C=O) groups is 2. The minimum Gasteiger partial charge on any atom is -0.497 e. The molecule has 3 rings (SSSR count). The number of rotatable bonds is 8. The van der Waals surface area contributed by atoms with Crippen LogP contribution in [0.3, 0.4) is 0 Å². The summed E-state index contributed by atoms with van der Waals surface area (Å²) in [6, 6.07) is 13.0. The van der Waals surface area contributed by atoms with Crippen molar-refractivity contribution in [2.45, 2.75) is 6.42 Å². The minimum absolute atomic E-state index is 0.326. The van der Waals surface area contributed by atoms with Gasteiger partial charge in [-0.1, -0.05) is 18.2 Å². The van der Waals surface area contributed by atoms with Crippen molar-refractivity contribution < 1.29 is 28.5 Å². The monoisotopic (exact) mass is 397 g/mol. The highest BCUT2D eigenvalue weighted by molar-refractivity contribution is 5.89. The SMILES string of the molecule is COc1ccc(CCNC(=O)COC(=O)/C=C/c2ccc3c(c2)OCCO3)cc1. The molecule has 0 aliphatic carbocycles. The van der Waals surface area contributed by atoms with Gasteiger partial charge < -0.3 is 24.3 Å². The van der Waals surface area contributed by atoms with Crippen molar-refractivity contribution in [3.8, 4) is 17.2 Å². The average molecular weight is 397 g/mol. The van der Waals surface area contributed by atoms with Gasteiger partial charge in [0.15, 0.2) is 18.1 Å². The van der Waals surface area contributed by atoms with E-state index in [4.69, 9.17) is 18.9 Å². The molecule has 1 heterocycles. The van der Waals surface area contributed by atoms with Crippen molar-refractivity contribution in [2.24, 2.45) is 0 Å². The summed E-state index contributed by atoms with van der Waals surface area (Å²) < 4.78 is 21.0. The van der Waals surface area contributed by atoms with E-state index in [9.17, 15) is 9.59 Å². The standard InChI is InChI=1S/C22H23NO6/c1-26-18-6-2-16(3-7-18)10-11-23-21(24)15-29-22(25)9-5-17-4-8-19-20(14-17)28-13-12-27-19/h2-9,14H,10-13,15H2,1H3,(H,23,24)/b9-5+. The van der Waals surface area contributed by atoms with E-state index >= 15 is 0 Å². The first-order valence-corrected chi connectivity index (χ1v) is 9.28. The summed E-state index contributed by atoms with van der Waals surface area (Å²) >= 11 is 0. The highest BCUT2D eigenvalue weighted by atomic mass is 16.6. The van der Waals surface area contributed by atoms with Crippen LogP contribution in [0, 0.1) is 0 Å². The molecule has 0 aromatic heterocycles. The number of esters is 1. The van der Waals surface area contributed by atoms with Gasteiger partial charge in [0.05, 0.1) is 7.11 Å². The van der Waals surface area contributed by atoms with Crippen LogP contribution in [-0.2, 0) is 20.7 Å². The van der Waals surface area contributed by atoms with Crippen LogP contribution in [0.15, 0.2) is 48.5 Å². The van der Waals surface area contributed by atoms with Crippen molar-refractivity contribution in [3.05, 3.63) is 59.7 Å². The van der Waals surface area contributed by atoms with E-state index in [1.807, 2.05) is 30.3 Å². The Morgan fingerprint density at radius 2 is 1.83 bits per heavy atom. The van der Waals surface area contributed by atoms with Gasteiger partial charge in [0, 0.05) is 12.6 Å². The number of benzene rings is 2. The molecule has 152 valence electrons. The van der Waals surface area contributed by atoms with Gasteiger partial charge in [-0.3, -0.25) is 4.79 Å². The molecule has 2 aromatic carbocycles. The Bertz CT molecular complexity index is 875. The molecule has 2 aromatic rings. The second-order valence-corrected chi connectivity index (χ2v) is 6.29. The highest BCUT2D eigenvalue weighted by Crippen LogP contribution is 2.31. The van der Waals surface area contributed by atoms with Crippen LogP contribution in [0.2, 0.25) is 0 Å². The van der Waals surface area contributed by atoms with Crippen molar-refractivity contribution in [3.63, 3.8) is 0 Å². The lowest BCUT2D eigenvalue weighted by molar-refractivity contribution is -0.143. The number of carbonyl (C=O) groups excluding carboxylic acids is 2. The van der Waals surface area contributed by atoms with Crippen LogP contribution in [0.1, 0.15) is 11.1 Å². The molecule has 0 unspecified atom stereocenters. The van der Waals surface area contributed by atoms with Crippen molar-refractivity contribution in [1.82, 2.24) is 5.32 Å². The molecule has 0 bridgehead atoms. The molecule has 1 amide bonds. The minimum atomic E-state index is -0.592. The van der Waals surface area contributed by atoms with Crippen molar-refractivity contribution in [2.75, 3.05) is 33.5 Å². The first-order chi connectivity index (χ1) is 14.1. The largest absolute Gasteiger partial charge is 0.497 e. The number of methoxy groups -OCH3 is 1. The average Bonchev–Trinajstić information content (AvgIpc) is 2.76. The van der Waals surface area contributed by atoms with Gasteiger partial charge in [-0.25, -0.2) is 4.79 Å². The van der Waals surface area contributed by atoms with Gasteiger partial charge >= 0.3 is 5.97 Å². The smallest absolute Gasteiger partial charge is 0.331 e. The van der Waals surface area contributed by atoms with Crippen LogP contribution in [0.5, 0.6) is 17.2 Å². The lowest BCUT2D eigenvalue weighted by Gasteiger charge is -2.18. The molecule has 0 radical (unpaired) electrons. The maximum absolute atomic E-state index is 11.8. The second kappa shape index (κ2) is 10.2. The Morgan fingerprint density at radius 1 is 1.07 bits per heavy atom. The second-order valence-electron chi connectivity index (χ2n) is 6.29. The first-order valence-electron chi connectivity index (χ1n) is 9.28. The van der Waals surface area contributed by atoms with Gasteiger partial charge in [0.1, 0.15) is 19.0 Å². The Labute approximate surface area is 169 Å². The topological polar surface area (TPSA) is 83.1 Å². The third kappa shape index (κ3) is 6.27. The fourth-order valence-corrected chi connectivity index (χ4v) is 2.70. The van der Waals surface area contributed by atoms with E-state index in [2.05, 4.69) is 5.32 Å². The number of amides is 1. The molecule has 7 nitrogen and oxygen atoms in total. The molecular formula is C22H23NO6. The summed E-state index contributed by atoms with van der Waals surface area (Å²) in [6.07, 6.45) is 3.55. The number of fused-ring (bicyclic) bond motifs is 1. The number of hydrogen-bond donors (Lipinski definition) is 1. The van der Waals surface area contributed by atoms with E-state index in [-0.39, 0.29) is 12.5 Å². The van der Waals surface area contributed by atoms with Crippen molar-refractivity contribution in [1.29, 1.82) is 0 Å². The summed E-state index contributed by atoms with van der Waals surface area (Å²) in [5.41, 5.74) is 1.85. The molecule has 1 aliphatic heterocycles. The zero-order chi connectivity index (χ0) is 20.5. The molecule has 29 heavy (non-hydrogen) atoms. The van der Waals surface area contributed by atoms with Crippen LogP contribution >= 0.6 is 0 Å². The van der Waals surface area contributed by atoms with E-state index in [0.29, 0.717) is 37.7 Å². The molecule has 0 saturated carbocycles. The molecule has 0 atom stereocenters. The quantitative estimate of drug-likeness (QED) is 0.544. The zero-order valence-electron chi connectivity index (χ0n) is 16.2. The summed E-state index contributed by atoms with van der Waals surface area (Å²) in [7, 11) is 1.61. The van der Waals surface area contributed by atoms with E-state index in [1.165, 1.54) is 6.08 Å². The molecule has 1 aliphatic rings. The molecule has 0 fully saturated rings. The summed E-state index contributed by atoms with van der Waals surface area (Å²) in [4.78, 5) is 23.6. The fraction of sp³-hybridized carbons (Fsp3) is 0.273. The maximum Gasteiger partial charge on any atom is 0.331 e. The predicted octanol–water partition coefficient (Wildman–Crippen LogP) is 2.38. The maximum atomic E-state index is 11.8. The van der Waals surface area contributed by atoms with Crippen LogP contribution < -0.4 is 19.5 Å². The van der Waals surface area contributed by atoms with Crippen molar-refractivity contribution >= 4 is 18.0 Å². The lowest BCUT2D eigenvalue weighted by Crippen LogP contribution is -2.30. The van der Waals surface area contributed by atoms with Gasteiger partial charge in [0.25, 0.3) is 5.91 Å². The molecular weight excluding hydrogens is 374 g/mol. The van der Waals surface area contributed by atoms with E-state index < -0.39 is 5.97 Å². The van der Waals surface area contributed by atoms with Gasteiger partial charge in [-0.05, 0) is 47.9 Å². The Hall–Kier alpha value is -3.48. The highest BCUT2D eigenvalue weighted by Gasteiger charge is 2.11. The van der Waals surface area contributed by atoms with Crippen LogP contribution in [0.4, 0.5) is 0 Å². The fourth-order valence-electron chi connectivity index (χ4n) is 2.70. The summed E-state index contributed by atoms with van der Waals surface area (Å²) in [5, 5.41) is 2.72. The van der Waals surface area contributed by atoms with E-state index in [1.54, 1.807) is 25.3 Å². The molecule has 0 saturated heterocycles. The third-order valence-electron chi connectivity index (χ3n) is 4.22. The predicted molar refractivity (Wildman–Crippen MR) is 107 cm³/mol. The van der Waals surface area contributed by atoms with E-state index in [0.717, 1.165) is 16.9 Å². The third-order valence-corrected chi connectivity index (χ3v) is 4.22. The Balaban J connectivity index is 1.37. The lowest BCUT2D eigenvalue weighted by atomic mass is 10.1. The van der Waals surface area contributed by atoms with Gasteiger partial charge in [-0.15, -0.1) is 0 Å². The van der Waals surface area contributed by atoms with Gasteiger partial charge in [-0.2, -0.15) is 0 Å². The Kier molecular flexibility index (Phi) is 7.10. The molecule has 1 N–H and O–H groups in total. The van der Waals surface area contributed by atoms with Crippen LogP contribution in [0.25, 0.3) is 6.08 Å². The zero-order valence-corrected chi connectivity index (χ0v) is 16.2. The summed E-state index contributed by atoms with van der Waals surface area (Å²) in [6.45, 7) is 1.15. The molecule has 7 heteroatoms. The number of ether oxygens (including phenoxy) is 4. The number of nitrogens with one attached hydrogen (secondary N) is 1. The Morgan fingerprint density at radius 3 is 2.59 bits per heavy atom. The first kappa shape index (κ1) is 20.3. The normalized spacial score (nSPS) is 12.4. The number of hydrogen-bond acceptors (Lipinski definition) is 6. The van der Waals surface area contributed by atoms with Gasteiger partial charge in [0.2, 0.25) is 0 Å². The van der Waals surface area contributed by atoms with Crippen LogP contribution in [-0.4, -0.2) is 45.4 Å². The molecule has 0 spiro atoms. The summed E-state index contributed by atoms with van der Waals surface area (Å²) in [5.74, 6) is 1.17.